The summed E-state index contributed by atoms with van der Waals surface area (Å²) in [6.07, 6.45) is -0.636. The Morgan fingerprint density at radius 2 is 1.45 bits per heavy atom. The van der Waals surface area contributed by atoms with Gasteiger partial charge in [-0.05, 0) is 18.3 Å². The van der Waals surface area contributed by atoms with Crippen LogP contribution in [0.25, 0.3) is 0 Å². The summed E-state index contributed by atoms with van der Waals surface area (Å²) in [6.45, 7) is 7.74. The van der Waals surface area contributed by atoms with Crippen molar-refractivity contribution in [1.82, 2.24) is 0 Å². The summed E-state index contributed by atoms with van der Waals surface area (Å²) in [5.41, 5.74) is 0. The van der Waals surface area contributed by atoms with E-state index in [1.807, 2.05) is 27.7 Å². The quantitative estimate of drug-likeness (QED) is 0.510. The molecule has 6 heteroatoms. The summed E-state index contributed by atoms with van der Waals surface area (Å²) in [5, 5.41) is 8.37. The van der Waals surface area contributed by atoms with Crippen molar-refractivity contribution in [2.24, 2.45) is 11.8 Å². The van der Waals surface area contributed by atoms with Crippen LogP contribution < -0.4 is 0 Å². The minimum absolute atomic E-state index is 0.0785. The van der Waals surface area contributed by atoms with Crippen LogP contribution in [-0.2, 0) is 23.9 Å². The Bertz CT molecular complexity index is 383. The Hall–Kier alpha value is -1.72. The summed E-state index contributed by atoms with van der Waals surface area (Å²) in [6, 6.07) is 0. The van der Waals surface area contributed by atoms with Crippen molar-refractivity contribution >= 4 is 23.5 Å². The van der Waals surface area contributed by atoms with Crippen molar-refractivity contribution in [3.63, 3.8) is 0 Å². The normalized spacial score (nSPS) is 12.3. The number of carboxylic acid groups (broad SMARTS) is 1. The first-order chi connectivity index (χ1) is 9.15. The molecular weight excluding hydrogens is 264 g/mol. The minimum Gasteiger partial charge on any atom is -0.476 e. The monoisotopic (exact) mass is 286 g/mol. The SMILES string of the molecule is CC(C)CC(OC(=O)C(=O)CCC(=O)C(=O)O)C(C)C. The highest BCUT2D eigenvalue weighted by Gasteiger charge is 2.25. The largest absolute Gasteiger partial charge is 0.476 e. The molecule has 6 nitrogen and oxygen atoms in total. The van der Waals surface area contributed by atoms with Gasteiger partial charge >= 0.3 is 11.9 Å². The molecule has 0 aromatic carbocycles. The van der Waals surface area contributed by atoms with Gasteiger partial charge in [0.2, 0.25) is 11.6 Å². The number of aliphatic carboxylic acids is 1. The van der Waals surface area contributed by atoms with Gasteiger partial charge in [0.1, 0.15) is 6.10 Å². The van der Waals surface area contributed by atoms with Gasteiger partial charge in [0.25, 0.3) is 0 Å². The Balaban J connectivity index is 4.39. The van der Waals surface area contributed by atoms with Crippen molar-refractivity contribution in [2.45, 2.75) is 53.1 Å². The highest BCUT2D eigenvalue weighted by molar-refractivity contribution is 6.36. The fourth-order valence-corrected chi connectivity index (χ4v) is 1.56. The van der Waals surface area contributed by atoms with E-state index in [0.29, 0.717) is 12.3 Å². The number of ketones is 2. The van der Waals surface area contributed by atoms with E-state index in [9.17, 15) is 19.2 Å². The Morgan fingerprint density at radius 1 is 0.950 bits per heavy atom. The number of rotatable bonds is 9. The molecule has 0 aromatic heterocycles. The summed E-state index contributed by atoms with van der Waals surface area (Å²) >= 11 is 0. The lowest BCUT2D eigenvalue weighted by Crippen LogP contribution is -2.29. The van der Waals surface area contributed by atoms with Gasteiger partial charge in [0, 0.05) is 12.8 Å². The van der Waals surface area contributed by atoms with Gasteiger partial charge in [0.15, 0.2) is 0 Å². The first kappa shape index (κ1) is 18.3. The number of carbonyl (C=O) groups is 4. The predicted octanol–water partition coefficient (Wildman–Crippen LogP) is 1.60. The second kappa shape index (κ2) is 8.45. The highest BCUT2D eigenvalue weighted by atomic mass is 16.5. The molecule has 1 N–H and O–H groups in total. The van der Waals surface area contributed by atoms with Gasteiger partial charge in [0.05, 0.1) is 0 Å². The van der Waals surface area contributed by atoms with Crippen molar-refractivity contribution in [3.05, 3.63) is 0 Å². The molecule has 1 unspecified atom stereocenters. The second-order valence-electron chi connectivity index (χ2n) is 5.47. The Kier molecular flexibility index (Phi) is 7.72. The van der Waals surface area contributed by atoms with E-state index in [1.54, 1.807) is 0 Å². The molecule has 20 heavy (non-hydrogen) atoms. The third kappa shape index (κ3) is 7.01. The average Bonchev–Trinajstić information content (AvgIpc) is 2.33. The van der Waals surface area contributed by atoms with E-state index >= 15 is 0 Å². The number of carbonyl (C=O) groups excluding carboxylic acids is 3. The Labute approximate surface area is 118 Å². The smallest absolute Gasteiger partial charge is 0.374 e. The summed E-state index contributed by atoms with van der Waals surface area (Å²) in [4.78, 5) is 44.2. The molecule has 0 amide bonds. The van der Waals surface area contributed by atoms with Crippen molar-refractivity contribution in [2.75, 3.05) is 0 Å². The lowest BCUT2D eigenvalue weighted by atomic mass is 9.97. The molecule has 0 heterocycles. The molecule has 0 rings (SSSR count). The van der Waals surface area contributed by atoms with Gasteiger partial charge in [-0.1, -0.05) is 27.7 Å². The molecule has 0 saturated carbocycles. The summed E-state index contributed by atoms with van der Waals surface area (Å²) in [5.74, 6) is -4.16. The zero-order chi connectivity index (χ0) is 15.9. The standard InChI is InChI=1S/C14H22O6/c1-8(2)7-12(9(3)4)20-14(19)11(16)6-5-10(15)13(17)18/h8-9,12H,5-7H2,1-4H3,(H,17,18). The second-order valence-corrected chi connectivity index (χ2v) is 5.47. The van der Waals surface area contributed by atoms with Crippen molar-refractivity contribution < 1.29 is 29.0 Å². The van der Waals surface area contributed by atoms with Crippen LogP contribution in [0.2, 0.25) is 0 Å². The molecule has 0 spiro atoms. The zero-order valence-electron chi connectivity index (χ0n) is 12.3. The minimum atomic E-state index is -1.61. The maximum atomic E-state index is 11.6. The third-order valence-corrected chi connectivity index (χ3v) is 2.75. The average molecular weight is 286 g/mol. The van der Waals surface area contributed by atoms with Crippen LogP contribution >= 0.6 is 0 Å². The first-order valence-electron chi connectivity index (χ1n) is 6.65. The molecule has 0 bridgehead atoms. The third-order valence-electron chi connectivity index (χ3n) is 2.75. The molecule has 0 aliphatic heterocycles. The number of ether oxygens (including phenoxy) is 1. The molecule has 0 aliphatic carbocycles. The molecular formula is C14H22O6. The molecule has 114 valence electrons. The molecule has 1 atom stereocenters. The van der Waals surface area contributed by atoms with Crippen molar-refractivity contribution in [1.29, 1.82) is 0 Å². The van der Waals surface area contributed by atoms with Gasteiger partial charge in [-0.25, -0.2) is 9.59 Å². The van der Waals surface area contributed by atoms with Gasteiger partial charge in [-0.15, -0.1) is 0 Å². The molecule has 0 aromatic rings. The summed E-state index contributed by atoms with van der Waals surface area (Å²) in [7, 11) is 0. The number of carboxylic acids is 1. The van der Waals surface area contributed by atoms with E-state index in [0.717, 1.165) is 0 Å². The predicted molar refractivity (Wildman–Crippen MR) is 71.1 cm³/mol. The fraction of sp³-hybridized carbons (Fsp3) is 0.714. The maximum Gasteiger partial charge on any atom is 0.374 e. The number of hydrogen-bond donors (Lipinski definition) is 1. The summed E-state index contributed by atoms with van der Waals surface area (Å²) < 4.78 is 5.13. The van der Waals surface area contributed by atoms with Crippen LogP contribution in [0.1, 0.15) is 47.0 Å². The molecule has 0 saturated heterocycles. The molecule has 0 fully saturated rings. The molecule has 0 radical (unpaired) electrons. The van der Waals surface area contributed by atoms with E-state index < -0.39 is 36.3 Å². The maximum absolute atomic E-state index is 11.6. The van der Waals surface area contributed by atoms with E-state index in [1.165, 1.54) is 0 Å². The van der Waals surface area contributed by atoms with Crippen LogP contribution in [0.3, 0.4) is 0 Å². The lowest BCUT2D eigenvalue weighted by Gasteiger charge is -2.22. The highest BCUT2D eigenvalue weighted by Crippen LogP contribution is 2.17. The van der Waals surface area contributed by atoms with E-state index in [2.05, 4.69) is 0 Å². The zero-order valence-corrected chi connectivity index (χ0v) is 12.3. The van der Waals surface area contributed by atoms with Crippen LogP contribution in [0.5, 0.6) is 0 Å². The fourth-order valence-electron chi connectivity index (χ4n) is 1.56. The van der Waals surface area contributed by atoms with Crippen LogP contribution in [0.4, 0.5) is 0 Å². The van der Waals surface area contributed by atoms with Gasteiger partial charge in [-0.2, -0.15) is 0 Å². The lowest BCUT2D eigenvalue weighted by molar-refractivity contribution is -0.160. The number of hydrogen-bond acceptors (Lipinski definition) is 5. The Morgan fingerprint density at radius 3 is 1.85 bits per heavy atom. The van der Waals surface area contributed by atoms with E-state index in [4.69, 9.17) is 9.84 Å². The molecule has 0 aliphatic rings. The van der Waals surface area contributed by atoms with Gasteiger partial charge < -0.3 is 9.84 Å². The topological polar surface area (TPSA) is 97.7 Å². The van der Waals surface area contributed by atoms with Crippen LogP contribution in [-0.4, -0.2) is 34.7 Å². The number of esters is 1. The van der Waals surface area contributed by atoms with Crippen LogP contribution in [0, 0.1) is 11.8 Å². The van der Waals surface area contributed by atoms with E-state index in [-0.39, 0.29) is 12.0 Å². The number of Topliss-reactive ketones (excluding diaryl/α,β-unsaturated/α-hetero) is 2. The van der Waals surface area contributed by atoms with Crippen LogP contribution in [0.15, 0.2) is 0 Å². The first-order valence-corrected chi connectivity index (χ1v) is 6.65. The van der Waals surface area contributed by atoms with Gasteiger partial charge in [-0.3, -0.25) is 9.59 Å². The van der Waals surface area contributed by atoms with Crippen molar-refractivity contribution in [3.8, 4) is 0 Å².